The monoisotopic (exact) mass is 348 g/mol. The Hall–Kier alpha value is -2.38. The van der Waals surface area contributed by atoms with Crippen LogP contribution >= 0.6 is 11.3 Å². The number of nitrogens with zero attached hydrogens (tertiary/aromatic N) is 2. The maximum absolute atomic E-state index is 13.7. The van der Waals surface area contributed by atoms with Crippen LogP contribution in [0.3, 0.4) is 0 Å². The maximum Gasteiger partial charge on any atom is 0.282 e. The SMILES string of the molecule is COCCn1c(=NC(=O)c2ccccc2F)sc2cc(F)ccc21. The van der Waals surface area contributed by atoms with Crippen molar-refractivity contribution in [1.82, 2.24) is 4.57 Å². The van der Waals surface area contributed by atoms with Crippen molar-refractivity contribution < 1.29 is 18.3 Å². The van der Waals surface area contributed by atoms with Crippen LogP contribution in [0.5, 0.6) is 0 Å². The molecule has 0 radical (unpaired) electrons. The lowest BCUT2D eigenvalue weighted by molar-refractivity contribution is 0.0993. The minimum atomic E-state index is -0.675. The summed E-state index contributed by atoms with van der Waals surface area (Å²) in [7, 11) is 1.57. The number of rotatable bonds is 4. The van der Waals surface area contributed by atoms with Gasteiger partial charge in [0.25, 0.3) is 5.91 Å². The molecule has 0 saturated carbocycles. The predicted molar refractivity (Wildman–Crippen MR) is 87.9 cm³/mol. The van der Waals surface area contributed by atoms with Crippen molar-refractivity contribution in [3.05, 3.63) is 64.5 Å². The molecule has 0 saturated heterocycles. The number of amides is 1. The molecule has 3 aromatic rings. The topological polar surface area (TPSA) is 43.6 Å². The van der Waals surface area contributed by atoms with E-state index >= 15 is 0 Å². The normalized spacial score (nSPS) is 12.0. The summed E-state index contributed by atoms with van der Waals surface area (Å²) in [5.74, 6) is -1.66. The van der Waals surface area contributed by atoms with Crippen LogP contribution in [0.15, 0.2) is 47.5 Å². The number of aromatic nitrogens is 1. The molecule has 3 rings (SSSR count). The van der Waals surface area contributed by atoms with Gasteiger partial charge in [-0.05, 0) is 30.3 Å². The standard InChI is InChI=1S/C17H14F2N2O2S/c1-23-9-8-21-14-7-6-11(18)10-15(14)24-17(21)20-16(22)12-4-2-3-5-13(12)19/h2-7,10H,8-9H2,1H3. The maximum atomic E-state index is 13.7. The highest BCUT2D eigenvalue weighted by Gasteiger charge is 2.12. The number of ether oxygens (including phenoxy) is 1. The lowest BCUT2D eigenvalue weighted by Gasteiger charge is -2.04. The number of carbonyl (C=O) groups excluding carboxylic acids is 1. The van der Waals surface area contributed by atoms with Gasteiger partial charge in [0, 0.05) is 13.7 Å². The van der Waals surface area contributed by atoms with Gasteiger partial charge in [0.1, 0.15) is 11.6 Å². The number of carbonyl (C=O) groups is 1. The highest BCUT2D eigenvalue weighted by atomic mass is 32.1. The molecular weight excluding hydrogens is 334 g/mol. The van der Waals surface area contributed by atoms with E-state index in [9.17, 15) is 13.6 Å². The van der Waals surface area contributed by atoms with Gasteiger partial charge in [0.15, 0.2) is 4.80 Å². The molecule has 0 aliphatic rings. The Balaban J connectivity index is 2.13. The summed E-state index contributed by atoms with van der Waals surface area (Å²) in [6, 6.07) is 10.0. The Morgan fingerprint density at radius 1 is 1.25 bits per heavy atom. The van der Waals surface area contributed by atoms with Crippen LogP contribution in [-0.4, -0.2) is 24.2 Å². The van der Waals surface area contributed by atoms with Gasteiger partial charge in [0.05, 0.1) is 22.4 Å². The van der Waals surface area contributed by atoms with Crippen molar-refractivity contribution >= 4 is 27.5 Å². The van der Waals surface area contributed by atoms with E-state index in [-0.39, 0.29) is 11.4 Å². The smallest absolute Gasteiger partial charge is 0.282 e. The highest BCUT2D eigenvalue weighted by molar-refractivity contribution is 7.16. The van der Waals surface area contributed by atoms with Gasteiger partial charge in [-0.3, -0.25) is 4.79 Å². The fourth-order valence-electron chi connectivity index (χ4n) is 2.31. The van der Waals surface area contributed by atoms with Gasteiger partial charge in [0.2, 0.25) is 0 Å². The van der Waals surface area contributed by atoms with Crippen molar-refractivity contribution in [3.8, 4) is 0 Å². The number of methoxy groups -OCH3 is 1. The summed E-state index contributed by atoms with van der Waals surface area (Å²) in [6.45, 7) is 0.857. The summed E-state index contributed by atoms with van der Waals surface area (Å²) in [5.41, 5.74) is 0.651. The zero-order valence-electron chi connectivity index (χ0n) is 12.8. The zero-order valence-corrected chi connectivity index (χ0v) is 13.6. The number of halogens is 2. The second-order valence-corrected chi connectivity index (χ2v) is 6.05. The third-order valence-electron chi connectivity index (χ3n) is 3.47. The third kappa shape index (κ3) is 3.27. The number of hydrogen-bond acceptors (Lipinski definition) is 3. The van der Waals surface area contributed by atoms with Crippen LogP contribution in [0.1, 0.15) is 10.4 Å². The molecule has 4 nitrogen and oxygen atoms in total. The van der Waals surface area contributed by atoms with Crippen LogP contribution in [0.4, 0.5) is 8.78 Å². The minimum absolute atomic E-state index is 0.0978. The lowest BCUT2D eigenvalue weighted by Crippen LogP contribution is -2.19. The predicted octanol–water partition coefficient (Wildman–Crippen LogP) is 3.37. The van der Waals surface area contributed by atoms with Gasteiger partial charge < -0.3 is 9.30 Å². The second-order valence-electron chi connectivity index (χ2n) is 5.04. The van der Waals surface area contributed by atoms with Crippen LogP contribution in [-0.2, 0) is 11.3 Å². The van der Waals surface area contributed by atoms with Crippen LogP contribution in [0.2, 0.25) is 0 Å². The van der Waals surface area contributed by atoms with E-state index in [1.165, 1.54) is 41.7 Å². The second kappa shape index (κ2) is 7.02. The van der Waals surface area contributed by atoms with E-state index in [0.29, 0.717) is 22.7 Å². The molecule has 124 valence electrons. The molecule has 0 aliphatic heterocycles. The first-order valence-corrected chi connectivity index (χ1v) is 8.03. The Labute approximate surface area is 140 Å². The largest absolute Gasteiger partial charge is 0.383 e. The number of hydrogen-bond donors (Lipinski definition) is 0. The third-order valence-corrected chi connectivity index (χ3v) is 4.51. The molecule has 0 aliphatic carbocycles. The minimum Gasteiger partial charge on any atom is -0.383 e. The summed E-state index contributed by atoms with van der Waals surface area (Å²) < 4.78 is 34.7. The summed E-state index contributed by atoms with van der Waals surface area (Å²) in [5, 5.41) is 0. The van der Waals surface area contributed by atoms with Gasteiger partial charge in [-0.1, -0.05) is 23.5 Å². The quantitative estimate of drug-likeness (QED) is 0.726. The van der Waals surface area contributed by atoms with Crippen molar-refractivity contribution in [1.29, 1.82) is 0 Å². The van der Waals surface area contributed by atoms with Crippen LogP contribution < -0.4 is 4.80 Å². The molecule has 0 atom stereocenters. The van der Waals surface area contributed by atoms with Gasteiger partial charge in [-0.15, -0.1) is 0 Å². The first kappa shape index (κ1) is 16.5. The van der Waals surface area contributed by atoms with E-state index < -0.39 is 11.7 Å². The molecule has 1 amide bonds. The molecule has 0 unspecified atom stereocenters. The van der Waals surface area contributed by atoms with Crippen molar-refractivity contribution in [2.75, 3.05) is 13.7 Å². The Kier molecular flexibility index (Phi) is 4.82. The Bertz CT molecular complexity index is 963. The molecule has 7 heteroatoms. The first-order valence-electron chi connectivity index (χ1n) is 7.21. The fraction of sp³-hybridized carbons (Fsp3) is 0.176. The zero-order chi connectivity index (χ0) is 17.1. The van der Waals surface area contributed by atoms with Gasteiger partial charge in [-0.25, -0.2) is 8.78 Å². The molecule has 24 heavy (non-hydrogen) atoms. The number of fused-ring (bicyclic) bond motifs is 1. The van der Waals surface area contributed by atoms with Crippen molar-refractivity contribution in [2.45, 2.75) is 6.54 Å². The molecule has 0 bridgehead atoms. The van der Waals surface area contributed by atoms with E-state index in [0.717, 1.165) is 5.52 Å². The molecular formula is C17H14F2N2O2S. The van der Waals surface area contributed by atoms with Crippen molar-refractivity contribution in [2.24, 2.45) is 4.99 Å². The summed E-state index contributed by atoms with van der Waals surface area (Å²) in [4.78, 5) is 16.7. The average molecular weight is 348 g/mol. The molecule has 1 aromatic heterocycles. The van der Waals surface area contributed by atoms with Crippen molar-refractivity contribution in [3.63, 3.8) is 0 Å². The molecule has 0 N–H and O–H groups in total. The van der Waals surface area contributed by atoms with Crippen LogP contribution in [0, 0.1) is 11.6 Å². The molecule has 0 fully saturated rings. The molecule has 2 aromatic carbocycles. The summed E-state index contributed by atoms with van der Waals surface area (Å²) in [6.07, 6.45) is 0. The van der Waals surface area contributed by atoms with E-state index in [4.69, 9.17) is 4.74 Å². The first-order chi connectivity index (χ1) is 11.6. The lowest BCUT2D eigenvalue weighted by atomic mass is 10.2. The Morgan fingerprint density at radius 3 is 2.79 bits per heavy atom. The van der Waals surface area contributed by atoms with E-state index in [1.807, 2.05) is 0 Å². The average Bonchev–Trinajstić information content (AvgIpc) is 2.89. The fourth-order valence-corrected chi connectivity index (χ4v) is 3.39. The highest BCUT2D eigenvalue weighted by Crippen LogP contribution is 2.19. The van der Waals surface area contributed by atoms with Crippen LogP contribution in [0.25, 0.3) is 10.2 Å². The van der Waals surface area contributed by atoms with Gasteiger partial charge >= 0.3 is 0 Å². The number of benzene rings is 2. The molecule has 0 spiro atoms. The van der Waals surface area contributed by atoms with Gasteiger partial charge in [-0.2, -0.15) is 4.99 Å². The van der Waals surface area contributed by atoms with E-state index in [2.05, 4.69) is 4.99 Å². The number of thiazole rings is 1. The summed E-state index contributed by atoms with van der Waals surface area (Å²) >= 11 is 1.17. The molecule has 1 heterocycles. The van der Waals surface area contributed by atoms with E-state index in [1.54, 1.807) is 23.8 Å². The Morgan fingerprint density at radius 2 is 2.04 bits per heavy atom.